The van der Waals surface area contributed by atoms with Crippen molar-refractivity contribution < 1.29 is 9.90 Å². The second-order valence-electron chi connectivity index (χ2n) is 5.48. The summed E-state index contributed by atoms with van der Waals surface area (Å²) in [6.07, 6.45) is 3.89. The normalized spacial score (nSPS) is 11.5. The molecule has 0 bridgehead atoms. The lowest BCUT2D eigenvalue weighted by atomic mass is 10.1. The van der Waals surface area contributed by atoms with E-state index in [9.17, 15) is 4.79 Å². The Labute approximate surface area is 124 Å². The average Bonchev–Trinajstić information content (AvgIpc) is 2.78. The summed E-state index contributed by atoms with van der Waals surface area (Å²) in [5, 5.41) is 8.95. The summed E-state index contributed by atoms with van der Waals surface area (Å²) in [5.41, 5.74) is 4.17. The summed E-state index contributed by atoms with van der Waals surface area (Å²) in [5.74, 6) is -0.918. The highest BCUT2D eigenvalue weighted by Gasteiger charge is 2.06. The van der Waals surface area contributed by atoms with E-state index in [1.165, 1.54) is 5.69 Å². The number of rotatable bonds is 4. The largest absolute Gasteiger partial charge is 0.478 e. The average molecular weight is 284 g/mol. The standard InChI is InChI=1S/C17H20N2O2/c1-11(2)19-10-14(8-13(19)4)9-18-16-6-5-15(17(20)21)7-12(16)3/h5-11H,1-4H3,(H,20,21). The van der Waals surface area contributed by atoms with Crippen molar-refractivity contribution >= 4 is 17.9 Å². The van der Waals surface area contributed by atoms with E-state index in [0.717, 1.165) is 16.8 Å². The second kappa shape index (κ2) is 5.95. The van der Waals surface area contributed by atoms with Crippen LogP contribution in [0.5, 0.6) is 0 Å². The van der Waals surface area contributed by atoms with Crippen molar-refractivity contribution in [2.24, 2.45) is 4.99 Å². The first kappa shape index (κ1) is 15.0. The van der Waals surface area contributed by atoms with Gasteiger partial charge in [0.1, 0.15) is 0 Å². The zero-order chi connectivity index (χ0) is 15.6. The van der Waals surface area contributed by atoms with Gasteiger partial charge in [0.25, 0.3) is 0 Å². The third-order valence-corrected chi connectivity index (χ3v) is 3.42. The molecule has 1 heterocycles. The number of nitrogens with zero attached hydrogens (tertiary/aromatic N) is 2. The maximum absolute atomic E-state index is 10.9. The second-order valence-corrected chi connectivity index (χ2v) is 5.48. The van der Waals surface area contributed by atoms with E-state index in [1.54, 1.807) is 18.2 Å². The minimum absolute atomic E-state index is 0.285. The topological polar surface area (TPSA) is 54.6 Å². The van der Waals surface area contributed by atoms with E-state index in [2.05, 4.69) is 42.6 Å². The maximum atomic E-state index is 10.9. The molecule has 0 saturated carbocycles. The summed E-state index contributed by atoms with van der Waals surface area (Å²) < 4.78 is 2.20. The van der Waals surface area contributed by atoms with Gasteiger partial charge in [0.15, 0.2) is 0 Å². The molecule has 0 aliphatic rings. The fraction of sp³-hybridized carbons (Fsp3) is 0.294. The van der Waals surface area contributed by atoms with Crippen LogP contribution in [0.4, 0.5) is 5.69 Å². The fourth-order valence-electron chi connectivity index (χ4n) is 2.32. The Balaban J connectivity index is 2.25. The van der Waals surface area contributed by atoms with Gasteiger partial charge in [-0.05, 0) is 57.5 Å². The van der Waals surface area contributed by atoms with E-state index in [-0.39, 0.29) is 5.56 Å². The molecule has 0 aliphatic carbocycles. The molecule has 1 N–H and O–H groups in total. The number of benzene rings is 1. The summed E-state index contributed by atoms with van der Waals surface area (Å²) in [6, 6.07) is 7.46. The molecule has 2 rings (SSSR count). The van der Waals surface area contributed by atoms with Crippen LogP contribution in [-0.4, -0.2) is 21.9 Å². The molecule has 0 radical (unpaired) electrons. The number of carbonyl (C=O) groups is 1. The van der Waals surface area contributed by atoms with Gasteiger partial charge in [-0.1, -0.05) is 0 Å². The van der Waals surface area contributed by atoms with Crippen LogP contribution < -0.4 is 0 Å². The number of carboxylic acid groups (broad SMARTS) is 1. The summed E-state index contributed by atoms with van der Waals surface area (Å²) in [6.45, 7) is 8.22. The Morgan fingerprint density at radius 2 is 2.00 bits per heavy atom. The molecule has 110 valence electrons. The van der Waals surface area contributed by atoms with Crippen molar-refractivity contribution in [1.29, 1.82) is 0 Å². The van der Waals surface area contributed by atoms with Gasteiger partial charge in [0, 0.05) is 29.7 Å². The molecule has 0 atom stereocenters. The van der Waals surface area contributed by atoms with Crippen LogP contribution in [0.15, 0.2) is 35.5 Å². The van der Waals surface area contributed by atoms with Crippen LogP contribution in [0.2, 0.25) is 0 Å². The predicted molar refractivity (Wildman–Crippen MR) is 84.9 cm³/mol. The molecule has 0 spiro atoms. The van der Waals surface area contributed by atoms with Gasteiger partial charge >= 0.3 is 5.97 Å². The highest BCUT2D eigenvalue weighted by Crippen LogP contribution is 2.20. The van der Waals surface area contributed by atoms with Crippen molar-refractivity contribution in [3.63, 3.8) is 0 Å². The van der Waals surface area contributed by atoms with Crippen molar-refractivity contribution in [2.75, 3.05) is 0 Å². The maximum Gasteiger partial charge on any atom is 0.335 e. The predicted octanol–water partition coefficient (Wildman–Crippen LogP) is 4.13. The molecule has 1 aromatic heterocycles. The van der Waals surface area contributed by atoms with Crippen LogP contribution >= 0.6 is 0 Å². The van der Waals surface area contributed by atoms with Gasteiger partial charge in [-0.2, -0.15) is 0 Å². The Bertz CT molecular complexity index is 697. The van der Waals surface area contributed by atoms with E-state index in [0.29, 0.717) is 6.04 Å². The molecule has 0 aliphatic heterocycles. The molecule has 0 saturated heterocycles. The first-order chi connectivity index (χ1) is 9.88. The molecular formula is C17H20N2O2. The van der Waals surface area contributed by atoms with Crippen molar-refractivity contribution in [3.05, 3.63) is 52.8 Å². The smallest absolute Gasteiger partial charge is 0.335 e. The highest BCUT2D eigenvalue weighted by atomic mass is 16.4. The lowest BCUT2D eigenvalue weighted by molar-refractivity contribution is 0.0697. The fourth-order valence-corrected chi connectivity index (χ4v) is 2.32. The molecule has 21 heavy (non-hydrogen) atoms. The number of aryl methyl sites for hydroxylation is 2. The van der Waals surface area contributed by atoms with Crippen molar-refractivity contribution in [3.8, 4) is 0 Å². The SMILES string of the molecule is Cc1cc(C(=O)O)ccc1N=Cc1cc(C)n(C(C)C)c1. The third-order valence-electron chi connectivity index (χ3n) is 3.42. The minimum Gasteiger partial charge on any atom is -0.478 e. The molecule has 4 nitrogen and oxygen atoms in total. The molecule has 0 unspecified atom stereocenters. The van der Waals surface area contributed by atoms with Gasteiger partial charge in [0.2, 0.25) is 0 Å². The van der Waals surface area contributed by atoms with Crippen LogP contribution in [0, 0.1) is 13.8 Å². The molecule has 1 aromatic carbocycles. The van der Waals surface area contributed by atoms with E-state index in [4.69, 9.17) is 5.11 Å². The van der Waals surface area contributed by atoms with E-state index >= 15 is 0 Å². The first-order valence-electron chi connectivity index (χ1n) is 6.95. The number of hydrogen-bond donors (Lipinski definition) is 1. The highest BCUT2D eigenvalue weighted by molar-refractivity contribution is 5.89. The first-order valence-corrected chi connectivity index (χ1v) is 6.95. The zero-order valence-electron chi connectivity index (χ0n) is 12.8. The molecule has 4 heteroatoms. The summed E-state index contributed by atoms with van der Waals surface area (Å²) in [4.78, 5) is 15.4. The van der Waals surface area contributed by atoms with Crippen LogP contribution in [0.3, 0.4) is 0 Å². The van der Waals surface area contributed by atoms with Crippen molar-refractivity contribution in [1.82, 2.24) is 4.57 Å². The third kappa shape index (κ3) is 3.40. The van der Waals surface area contributed by atoms with Crippen LogP contribution in [0.1, 0.15) is 47.1 Å². The van der Waals surface area contributed by atoms with Gasteiger partial charge in [0.05, 0.1) is 11.3 Å². The van der Waals surface area contributed by atoms with Crippen molar-refractivity contribution in [2.45, 2.75) is 33.7 Å². The van der Waals surface area contributed by atoms with Crippen LogP contribution in [0.25, 0.3) is 0 Å². The Morgan fingerprint density at radius 1 is 1.29 bits per heavy atom. The van der Waals surface area contributed by atoms with E-state index < -0.39 is 5.97 Å². The number of hydrogen-bond acceptors (Lipinski definition) is 2. The van der Waals surface area contributed by atoms with Crippen LogP contribution in [-0.2, 0) is 0 Å². The summed E-state index contributed by atoms with van der Waals surface area (Å²) in [7, 11) is 0. The lowest BCUT2D eigenvalue weighted by Crippen LogP contribution is -2.00. The minimum atomic E-state index is -0.918. The number of aliphatic imine (C=N–C) groups is 1. The molecule has 0 amide bonds. The Kier molecular flexibility index (Phi) is 4.26. The monoisotopic (exact) mass is 284 g/mol. The number of aromatic nitrogens is 1. The van der Waals surface area contributed by atoms with E-state index in [1.807, 2.05) is 13.1 Å². The molecular weight excluding hydrogens is 264 g/mol. The van der Waals surface area contributed by atoms with Gasteiger partial charge < -0.3 is 9.67 Å². The Morgan fingerprint density at radius 3 is 2.52 bits per heavy atom. The number of carboxylic acids is 1. The molecule has 2 aromatic rings. The summed E-state index contributed by atoms with van der Waals surface area (Å²) >= 11 is 0. The Hall–Kier alpha value is -2.36. The zero-order valence-corrected chi connectivity index (χ0v) is 12.8. The van der Waals surface area contributed by atoms with Gasteiger partial charge in [-0.3, -0.25) is 4.99 Å². The molecule has 0 fully saturated rings. The van der Waals surface area contributed by atoms with Gasteiger partial charge in [-0.15, -0.1) is 0 Å². The quantitative estimate of drug-likeness (QED) is 0.858. The lowest BCUT2D eigenvalue weighted by Gasteiger charge is -2.08. The number of aromatic carboxylic acids is 1. The van der Waals surface area contributed by atoms with Gasteiger partial charge in [-0.25, -0.2) is 4.79 Å².